The molecule has 1 aliphatic heterocycles. The number of carbonyl (C=O) groups is 1. The zero-order valence-corrected chi connectivity index (χ0v) is 15.1. The molecular weight excluding hydrogens is 342 g/mol. The van der Waals surface area contributed by atoms with Gasteiger partial charge in [0.05, 0.1) is 35.8 Å². The van der Waals surface area contributed by atoms with Gasteiger partial charge in [-0.2, -0.15) is 0 Å². The normalized spacial score (nSPS) is 22.3. The highest BCUT2D eigenvalue weighted by molar-refractivity contribution is 7.91. The summed E-state index contributed by atoms with van der Waals surface area (Å²) in [5.74, 6) is -1.73. The summed E-state index contributed by atoms with van der Waals surface area (Å²) >= 11 is 0. The SMILES string of the molecule is [2H]C([2H])([2H])Oc1cc(N)c(S(=O)(=O)CC)cc1C(=O)NC([2H])([2H])C1CCCN1CC. The number of hydrogen-bond acceptors (Lipinski definition) is 6. The van der Waals surface area contributed by atoms with E-state index >= 15 is 0 Å². The summed E-state index contributed by atoms with van der Waals surface area (Å²) in [5, 5.41) is 2.27. The van der Waals surface area contributed by atoms with Crippen LogP contribution in [0.4, 0.5) is 5.69 Å². The number of anilines is 1. The number of likely N-dealkylation sites (N-methyl/N-ethyl adjacent to an activating group) is 1. The molecule has 1 fully saturated rings. The molecule has 0 saturated carbocycles. The number of amides is 1. The summed E-state index contributed by atoms with van der Waals surface area (Å²) in [6.45, 7) is 2.46. The molecule has 2 rings (SSSR count). The number of methoxy groups -OCH3 is 1. The van der Waals surface area contributed by atoms with Crippen LogP contribution in [-0.4, -0.2) is 57.6 Å². The van der Waals surface area contributed by atoms with E-state index in [1.54, 1.807) is 0 Å². The van der Waals surface area contributed by atoms with Crippen LogP contribution in [0.1, 0.15) is 43.9 Å². The standard InChI is InChI=1S/C17H27N3O4S/c1-4-20-8-6-7-12(20)11-19-17(21)13-9-16(25(22,23)5-2)14(18)10-15(13)24-3/h9-10,12H,4-8,11,18H2,1-3H3,(H,19,21)/i3D3,11D2. The Balaban J connectivity index is 2.48. The fourth-order valence-corrected chi connectivity index (χ4v) is 3.87. The van der Waals surface area contributed by atoms with Gasteiger partial charge in [-0.3, -0.25) is 9.69 Å². The van der Waals surface area contributed by atoms with Crippen LogP contribution in [0.2, 0.25) is 0 Å². The molecule has 1 aliphatic rings. The van der Waals surface area contributed by atoms with Gasteiger partial charge in [0.2, 0.25) is 0 Å². The summed E-state index contributed by atoms with van der Waals surface area (Å²) in [6, 6.07) is 1.34. The number of likely N-dealkylation sites (tertiary alicyclic amines) is 1. The fraction of sp³-hybridized carbons (Fsp3) is 0.588. The molecule has 1 saturated heterocycles. The monoisotopic (exact) mass is 374 g/mol. The first-order valence-corrected chi connectivity index (χ1v) is 9.79. The van der Waals surface area contributed by atoms with E-state index < -0.39 is 46.6 Å². The summed E-state index contributed by atoms with van der Waals surface area (Å²) in [5.41, 5.74) is 5.10. The number of nitrogens with zero attached hydrogens (tertiary/aromatic N) is 1. The highest BCUT2D eigenvalue weighted by Crippen LogP contribution is 2.29. The zero-order valence-electron chi connectivity index (χ0n) is 19.3. The van der Waals surface area contributed by atoms with Crippen molar-refractivity contribution in [2.24, 2.45) is 0 Å². The molecule has 1 heterocycles. The van der Waals surface area contributed by atoms with Crippen LogP contribution >= 0.6 is 0 Å². The molecule has 140 valence electrons. The van der Waals surface area contributed by atoms with E-state index in [4.69, 9.17) is 17.3 Å². The number of nitrogens with two attached hydrogens (primary N) is 1. The van der Waals surface area contributed by atoms with Gasteiger partial charge < -0.3 is 15.8 Å². The van der Waals surface area contributed by atoms with Crippen molar-refractivity contribution in [2.45, 2.75) is 37.6 Å². The van der Waals surface area contributed by atoms with Crippen molar-refractivity contribution in [2.75, 3.05) is 38.1 Å². The second-order valence-corrected chi connectivity index (χ2v) is 8.02. The van der Waals surface area contributed by atoms with Crippen LogP contribution in [0.25, 0.3) is 0 Å². The molecule has 1 atom stereocenters. The van der Waals surface area contributed by atoms with Crippen molar-refractivity contribution < 1.29 is 24.8 Å². The quantitative estimate of drug-likeness (QED) is 0.697. The fourth-order valence-electron chi connectivity index (χ4n) is 2.85. The lowest BCUT2D eigenvalue weighted by Crippen LogP contribution is -2.40. The van der Waals surface area contributed by atoms with E-state index in [2.05, 4.69) is 5.32 Å². The van der Waals surface area contributed by atoms with Gasteiger partial charge in [-0.1, -0.05) is 13.8 Å². The summed E-state index contributed by atoms with van der Waals surface area (Å²) in [4.78, 5) is 14.5. The van der Waals surface area contributed by atoms with Gasteiger partial charge in [-0.05, 0) is 32.0 Å². The van der Waals surface area contributed by atoms with Crippen LogP contribution in [0.5, 0.6) is 5.75 Å². The second kappa shape index (κ2) is 8.05. The Kier molecular flexibility index (Phi) is 4.32. The minimum Gasteiger partial charge on any atom is -0.496 e. The van der Waals surface area contributed by atoms with E-state index in [0.29, 0.717) is 19.5 Å². The Hall–Kier alpha value is -1.80. The average Bonchev–Trinajstić information content (AvgIpc) is 3.09. The molecule has 1 amide bonds. The van der Waals surface area contributed by atoms with Crippen molar-refractivity contribution >= 4 is 21.4 Å². The smallest absolute Gasteiger partial charge is 0.255 e. The van der Waals surface area contributed by atoms with Crippen LogP contribution in [0.15, 0.2) is 17.0 Å². The van der Waals surface area contributed by atoms with Gasteiger partial charge in [0, 0.05) is 18.6 Å². The van der Waals surface area contributed by atoms with Crippen molar-refractivity contribution in [1.29, 1.82) is 0 Å². The first-order valence-electron chi connectivity index (χ1n) is 10.6. The van der Waals surface area contributed by atoms with Crippen molar-refractivity contribution in [3.05, 3.63) is 17.7 Å². The lowest BCUT2D eigenvalue weighted by Gasteiger charge is -2.23. The van der Waals surface area contributed by atoms with Crippen LogP contribution in [0, 0.1) is 0 Å². The van der Waals surface area contributed by atoms with Crippen molar-refractivity contribution in [3.8, 4) is 5.75 Å². The molecule has 7 nitrogen and oxygen atoms in total. The molecular formula is C17H27N3O4S. The van der Waals surface area contributed by atoms with Crippen molar-refractivity contribution in [3.63, 3.8) is 0 Å². The Morgan fingerprint density at radius 1 is 1.52 bits per heavy atom. The van der Waals surface area contributed by atoms with E-state index in [1.165, 1.54) is 6.92 Å². The minimum atomic E-state index is -3.82. The Morgan fingerprint density at radius 2 is 2.28 bits per heavy atom. The molecule has 0 aliphatic carbocycles. The molecule has 3 N–H and O–H groups in total. The maximum absolute atomic E-state index is 12.9. The first-order chi connectivity index (χ1) is 13.7. The third kappa shape index (κ3) is 4.24. The zero-order chi connectivity index (χ0) is 22.9. The molecule has 0 spiro atoms. The lowest BCUT2D eigenvalue weighted by molar-refractivity contribution is 0.0938. The second-order valence-electron chi connectivity index (χ2n) is 5.78. The first kappa shape index (κ1) is 13.4. The molecule has 1 unspecified atom stereocenters. The van der Waals surface area contributed by atoms with Gasteiger partial charge in [-0.15, -0.1) is 0 Å². The van der Waals surface area contributed by atoms with Crippen molar-refractivity contribution in [1.82, 2.24) is 10.2 Å². The molecule has 0 aromatic heterocycles. The van der Waals surface area contributed by atoms with Gasteiger partial charge in [0.1, 0.15) is 5.75 Å². The number of carbonyl (C=O) groups excluding carboxylic acids is 1. The number of nitrogen functional groups attached to an aromatic ring is 1. The molecule has 25 heavy (non-hydrogen) atoms. The number of ether oxygens (including phenoxy) is 1. The van der Waals surface area contributed by atoms with E-state index in [9.17, 15) is 13.2 Å². The van der Waals surface area contributed by atoms with Crippen LogP contribution < -0.4 is 15.8 Å². The molecule has 1 aromatic rings. The van der Waals surface area contributed by atoms with Crippen LogP contribution in [0.3, 0.4) is 0 Å². The minimum absolute atomic E-state index is 0.261. The maximum atomic E-state index is 12.9. The average molecular weight is 375 g/mol. The number of rotatable bonds is 7. The number of sulfone groups is 1. The van der Waals surface area contributed by atoms with Gasteiger partial charge in [0.15, 0.2) is 9.84 Å². The predicted octanol–water partition coefficient (Wildman–Crippen LogP) is 1.29. The Labute approximate surface area is 156 Å². The molecule has 1 aromatic carbocycles. The summed E-state index contributed by atoms with van der Waals surface area (Å²) in [6.07, 6.45) is 1.32. The summed E-state index contributed by atoms with van der Waals surface area (Å²) < 4.78 is 68.1. The molecule has 8 heteroatoms. The van der Waals surface area contributed by atoms with Crippen LogP contribution in [-0.2, 0) is 9.84 Å². The summed E-state index contributed by atoms with van der Waals surface area (Å²) in [7, 11) is -6.74. The third-order valence-electron chi connectivity index (χ3n) is 4.30. The van der Waals surface area contributed by atoms with Gasteiger partial charge in [-0.25, -0.2) is 8.42 Å². The van der Waals surface area contributed by atoms with Gasteiger partial charge >= 0.3 is 0 Å². The number of nitrogens with one attached hydrogen (secondary N) is 1. The number of hydrogen-bond donors (Lipinski definition) is 2. The van der Waals surface area contributed by atoms with E-state index in [-0.39, 0.29) is 16.3 Å². The molecule has 0 radical (unpaired) electrons. The largest absolute Gasteiger partial charge is 0.496 e. The lowest BCUT2D eigenvalue weighted by atomic mass is 10.1. The van der Waals surface area contributed by atoms with E-state index in [0.717, 1.165) is 18.6 Å². The topological polar surface area (TPSA) is 102 Å². The third-order valence-corrected chi connectivity index (χ3v) is 6.09. The predicted molar refractivity (Wildman–Crippen MR) is 97.7 cm³/mol. The Morgan fingerprint density at radius 3 is 2.92 bits per heavy atom. The molecule has 0 bridgehead atoms. The number of benzene rings is 1. The highest BCUT2D eigenvalue weighted by Gasteiger charge is 2.25. The maximum Gasteiger partial charge on any atom is 0.255 e. The Bertz CT molecular complexity index is 905. The van der Waals surface area contributed by atoms with Gasteiger partial charge in [0.25, 0.3) is 5.91 Å². The van der Waals surface area contributed by atoms with E-state index in [1.807, 2.05) is 11.8 Å². The highest BCUT2D eigenvalue weighted by atomic mass is 32.2.